The van der Waals surface area contributed by atoms with Crippen LogP contribution in [0.15, 0.2) is 24.3 Å². The monoisotopic (exact) mass is 285 g/mol. The van der Waals surface area contributed by atoms with Crippen LogP contribution in [0.25, 0.3) is 0 Å². The maximum Gasteiger partial charge on any atom is 0.00808 e. The highest BCUT2D eigenvalue weighted by atomic mass is 14.3. The smallest absolute Gasteiger partial charge is 0.00808 e. The van der Waals surface area contributed by atoms with Crippen LogP contribution in [0.1, 0.15) is 89.7 Å². The third kappa shape index (κ3) is 4.59. The highest BCUT2D eigenvalue weighted by Crippen LogP contribution is 2.38. The zero-order valence-corrected chi connectivity index (χ0v) is 14.5. The Morgan fingerprint density at radius 1 is 0.952 bits per heavy atom. The van der Waals surface area contributed by atoms with Crippen molar-refractivity contribution in [2.45, 2.75) is 78.6 Å². The van der Waals surface area contributed by atoms with Crippen LogP contribution in [0.5, 0.6) is 0 Å². The van der Waals surface area contributed by atoms with Crippen molar-refractivity contribution in [3.05, 3.63) is 41.3 Å². The molecule has 1 aromatic carbocycles. The Balaban J connectivity index is 2.18. The lowest BCUT2D eigenvalue weighted by molar-refractivity contribution is 0.415. The predicted octanol–water partition coefficient (Wildman–Crippen LogP) is 6.75. The molecule has 1 radical (unpaired) electrons. The van der Waals surface area contributed by atoms with Crippen LogP contribution < -0.4 is 0 Å². The minimum absolute atomic E-state index is 0.615. The Hall–Kier alpha value is -0.780. The van der Waals surface area contributed by atoms with Gasteiger partial charge in [-0.05, 0) is 35.3 Å². The van der Waals surface area contributed by atoms with Gasteiger partial charge in [-0.3, -0.25) is 0 Å². The van der Waals surface area contributed by atoms with Gasteiger partial charge < -0.3 is 0 Å². The van der Waals surface area contributed by atoms with Crippen LogP contribution in [-0.4, -0.2) is 0 Å². The molecule has 2 rings (SSSR count). The van der Waals surface area contributed by atoms with Crippen molar-refractivity contribution in [1.29, 1.82) is 0 Å². The van der Waals surface area contributed by atoms with E-state index >= 15 is 0 Å². The zero-order chi connectivity index (χ0) is 15.2. The first-order valence-electron chi connectivity index (χ1n) is 9.04. The molecule has 1 aliphatic carbocycles. The summed E-state index contributed by atoms with van der Waals surface area (Å²) < 4.78 is 0. The fraction of sp³-hybridized carbons (Fsp3) is 0.667. The molecule has 0 nitrogen and oxygen atoms in total. The van der Waals surface area contributed by atoms with Gasteiger partial charge in [0.05, 0.1) is 0 Å². The summed E-state index contributed by atoms with van der Waals surface area (Å²) in [6.45, 7) is 9.40. The van der Waals surface area contributed by atoms with Crippen molar-refractivity contribution in [1.82, 2.24) is 0 Å². The van der Waals surface area contributed by atoms with Crippen LogP contribution >= 0.6 is 0 Å². The first kappa shape index (κ1) is 16.6. The quantitative estimate of drug-likeness (QED) is 0.525. The van der Waals surface area contributed by atoms with Crippen LogP contribution in [0, 0.1) is 17.8 Å². The Kier molecular flexibility index (Phi) is 6.33. The lowest BCUT2D eigenvalue weighted by atomic mass is 9.76. The number of hydrogen-bond acceptors (Lipinski definition) is 0. The van der Waals surface area contributed by atoms with Crippen LogP contribution in [0.4, 0.5) is 0 Å². The van der Waals surface area contributed by atoms with Gasteiger partial charge in [0.25, 0.3) is 0 Å². The molecule has 0 atom stereocenters. The van der Waals surface area contributed by atoms with Gasteiger partial charge >= 0.3 is 0 Å². The van der Waals surface area contributed by atoms with Gasteiger partial charge in [0, 0.05) is 5.92 Å². The van der Waals surface area contributed by atoms with Crippen LogP contribution in [0.3, 0.4) is 0 Å². The van der Waals surface area contributed by atoms with E-state index in [1.165, 1.54) is 50.5 Å². The first-order valence-corrected chi connectivity index (χ1v) is 9.04. The van der Waals surface area contributed by atoms with Crippen molar-refractivity contribution < 1.29 is 0 Å². The average molecular weight is 285 g/mol. The fourth-order valence-electron chi connectivity index (χ4n) is 3.83. The molecule has 1 fully saturated rings. The molecule has 0 bridgehead atoms. The molecule has 0 saturated heterocycles. The summed E-state index contributed by atoms with van der Waals surface area (Å²) in [7, 11) is 0. The third-order valence-corrected chi connectivity index (χ3v) is 5.11. The summed E-state index contributed by atoms with van der Waals surface area (Å²) in [6.07, 6.45) is 10.0. The Morgan fingerprint density at radius 2 is 1.57 bits per heavy atom. The molecule has 0 N–H and O–H groups in total. The number of rotatable bonds is 5. The second-order valence-electron chi connectivity index (χ2n) is 7.48. The molecule has 0 heterocycles. The van der Waals surface area contributed by atoms with E-state index in [-0.39, 0.29) is 0 Å². The molecule has 1 aromatic rings. The number of benzene rings is 1. The van der Waals surface area contributed by atoms with E-state index in [2.05, 4.69) is 52.0 Å². The van der Waals surface area contributed by atoms with Gasteiger partial charge in [-0.1, -0.05) is 90.5 Å². The summed E-state index contributed by atoms with van der Waals surface area (Å²) in [5.74, 6) is 3.90. The van der Waals surface area contributed by atoms with Gasteiger partial charge in [0.1, 0.15) is 0 Å². The van der Waals surface area contributed by atoms with E-state index in [9.17, 15) is 0 Å². The normalized spacial score (nSPS) is 17.7. The Labute approximate surface area is 132 Å². The van der Waals surface area contributed by atoms with Crippen LogP contribution in [0.2, 0.25) is 0 Å². The number of hydrogen-bond donors (Lipinski definition) is 0. The molecule has 0 aromatic heterocycles. The molecule has 0 heteroatoms. The highest BCUT2D eigenvalue weighted by Gasteiger charge is 2.24. The van der Waals surface area contributed by atoms with Crippen molar-refractivity contribution in [3.8, 4) is 0 Å². The topological polar surface area (TPSA) is 0 Å². The molecule has 0 amide bonds. The third-order valence-electron chi connectivity index (χ3n) is 5.11. The molecule has 1 saturated carbocycles. The largest absolute Gasteiger partial charge is 0.0620 e. The molecule has 1 aliphatic rings. The summed E-state index contributed by atoms with van der Waals surface area (Å²) in [4.78, 5) is 0. The standard InChI is InChI=1S/C21H33/c1-16(2)19-13-9-10-14-20(19)21(17(3)4)15-18-11-7-5-6-8-12-18/h9-10,13-14,16-18H,5-8,11-12,15H2,1-4H3. The molecular formula is C21H33. The van der Waals surface area contributed by atoms with Crippen molar-refractivity contribution in [2.24, 2.45) is 11.8 Å². The van der Waals surface area contributed by atoms with E-state index < -0.39 is 0 Å². The van der Waals surface area contributed by atoms with Crippen LogP contribution in [-0.2, 0) is 0 Å². The van der Waals surface area contributed by atoms with Crippen molar-refractivity contribution in [2.75, 3.05) is 0 Å². The lowest BCUT2D eigenvalue weighted by Crippen LogP contribution is -2.16. The van der Waals surface area contributed by atoms with Crippen molar-refractivity contribution in [3.63, 3.8) is 0 Å². The molecule has 21 heavy (non-hydrogen) atoms. The SMILES string of the molecule is CC(C)[C](CC1CCCCCC1)c1ccccc1C(C)C. The lowest BCUT2D eigenvalue weighted by Gasteiger charge is -2.28. The van der Waals surface area contributed by atoms with Crippen molar-refractivity contribution >= 4 is 0 Å². The second-order valence-corrected chi connectivity index (χ2v) is 7.48. The summed E-state index contributed by atoms with van der Waals surface area (Å²) in [6, 6.07) is 9.11. The van der Waals surface area contributed by atoms with Gasteiger partial charge in [0.15, 0.2) is 0 Å². The summed E-state index contributed by atoms with van der Waals surface area (Å²) in [5.41, 5.74) is 3.08. The molecular weight excluding hydrogens is 252 g/mol. The predicted molar refractivity (Wildman–Crippen MR) is 93.5 cm³/mol. The maximum atomic E-state index is 2.38. The summed E-state index contributed by atoms with van der Waals surface area (Å²) in [5, 5.41) is 0. The van der Waals surface area contributed by atoms with E-state index in [0.29, 0.717) is 11.8 Å². The Morgan fingerprint density at radius 3 is 2.14 bits per heavy atom. The fourth-order valence-corrected chi connectivity index (χ4v) is 3.83. The first-order chi connectivity index (χ1) is 10.1. The maximum absolute atomic E-state index is 2.38. The van der Waals surface area contributed by atoms with E-state index in [1.54, 1.807) is 11.5 Å². The molecule has 117 valence electrons. The molecule has 0 unspecified atom stereocenters. The minimum atomic E-state index is 0.615. The molecule has 0 aliphatic heterocycles. The molecule has 0 spiro atoms. The summed E-state index contributed by atoms with van der Waals surface area (Å²) >= 11 is 0. The van der Waals surface area contributed by atoms with Gasteiger partial charge in [0.2, 0.25) is 0 Å². The van der Waals surface area contributed by atoms with Gasteiger partial charge in [-0.2, -0.15) is 0 Å². The second kappa shape index (κ2) is 8.01. The van der Waals surface area contributed by atoms with E-state index in [4.69, 9.17) is 0 Å². The minimum Gasteiger partial charge on any atom is -0.0620 e. The average Bonchev–Trinajstić information content (AvgIpc) is 2.73. The van der Waals surface area contributed by atoms with E-state index in [1.807, 2.05) is 0 Å². The zero-order valence-electron chi connectivity index (χ0n) is 14.5. The van der Waals surface area contributed by atoms with Gasteiger partial charge in [-0.25, -0.2) is 0 Å². The highest BCUT2D eigenvalue weighted by molar-refractivity contribution is 5.41. The van der Waals surface area contributed by atoms with Gasteiger partial charge in [-0.15, -0.1) is 0 Å². The Bertz CT molecular complexity index is 408. The van der Waals surface area contributed by atoms with E-state index in [0.717, 1.165) is 5.92 Å².